The fourth-order valence-corrected chi connectivity index (χ4v) is 1.96. The van der Waals surface area contributed by atoms with Gasteiger partial charge in [0.25, 0.3) is 5.91 Å². The van der Waals surface area contributed by atoms with Gasteiger partial charge < -0.3 is 10.4 Å². The number of phenols is 1. The number of pyridine rings is 1. The molecule has 3 rings (SSSR count). The second-order valence-corrected chi connectivity index (χ2v) is 4.47. The normalized spacial score (nSPS) is 10.7. The van der Waals surface area contributed by atoms with Gasteiger partial charge in [-0.2, -0.15) is 5.10 Å². The molecule has 2 heterocycles. The predicted octanol–water partition coefficient (Wildman–Crippen LogP) is 2.22. The number of anilines is 1. The molecule has 0 radical (unpaired) electrons. The van der Waals surface area contributed by atoms with Crippen LogP contribution in [0.1, 0.15) is 16.1 Å². The van der Waals surface area contributed by atoms with Crippen LogP contribution in [-0.2, 0) is 0 Å². The number of benzene rings is 1. The fourth-order valence-electron chi connectivity index (χ4n) is 1.96. The topological polar surface area (TPSA) is 90.9 Å². The highest BCUT2D eigenvalue weighted by atomic mass is 16.3. The molecule has 2 aromatic heterocycles. The summed E-state index contributed by atoms with van der Waals surface area (Å²) >= 11 is 0. The minimum Gasteiger partial charge on any atom is -0.506 e. The van der Waals surface area contributed by atoms with Crippen molar-refractivity contribution >= 4 is 22.5 Å². The van der Waals surface area contributed by atoms with Crippen molar-refractivity contribution in [1.82, 2.24) is 15.2 Å². The first-order chi connectivity index (χ1) is 9.65. The quantitative estimate of drug-likeness (QED) is 0.621. The van der Waals surface area contributed by atoms with Crippen LogP contribution in [-0.4, -0.2) is 26.2 Å². The van der Waals surface area contributed by atoms with E-state index in [1.807, 2.05) is 6.92 Å². The van der Waals surface area contributed by atoms with Gasteiger partial charge in [-0.05, 0) is 30.7 Å². The number of fused-ring (bicyclic) bond motifs is 1. The van der Waals surface area contributed by atoms with E-state index in [1.54, 1.807) is 36.7 Å². The lowest BCUT2D eigenvalue weighted by atomic mass is 10.2. The van der Waals surface area contributed by atoms with Crippen LogP contribution in [0.25, 0.3) is 10.9 Å². The standard InChI is InChI=1S/C14H12N4O2/c1-8-2-3-11(12(19)6-8)16-14(20)13-9-7-15-5-4-10(9)17-18-13/h2-7,19H,1H3,(H,16,20)(H,17,18). The zero-order valence-electron chi connectivity index (χ0n) is 10.7. The molecule has 0 fully saturated rings. The van der Waals surface area contributed by atoms with E-state index in [1.165, 1.54) is 0 Å². The number of nitrogens with one attached hydrogen (secondary N) is 2. The van der Waals surface area contributed by atoms with E-state index < -0.39 is 5.91 Å². The molecule has 0 saturated heterocycles. The second kappa shape index (κ2) is 4.65. The first-order valence-electron chi connectivity index (χ1n) is 6.04. The lowest BCUT2D eigenvalue weighted by molar-refractivity contribution is 0.102. The molecule has 0 saturated carbocycles. The van der Waals surface area contributed by atoms with Crippen LogP contribution in [0.2, 0.25) is 0 Å². The summed E-state index contributed by atoms with van der Waals surface area (Å²) in [6, 6.07) is 6.78. The molecule has 100 valence electrons. The SMILES string of the molecule is Cc1ccc(NC(=O)c2n[nH]c3ccncc23)c(O)c1. The third kappa shape index (κ3) is 2.07. The van der Waals surface area contributed by atoms with Crippen molar-refractivity contribution in [1.29, 1.82) is 0 Å². The summed E-state index contributed by atoms with van der Waals surface area (Å²) in [6.45, 7) is 1.86. The molecule has 20 heavy (non-hydrogen) atoms. The highest BCUT2D eigenvalue weighted by molar-refractivity contribution is 6.11. The van der Waals surface area contributed by atoms with Gasteiger partial charge >= 0.3 is 0 Å². The maximum absolute atomic E-state index is 12.2. The number of hydrogen-bond acceptors (Lipinski definition) is 4. The minimum absolute atomic E-state index is 0.0244. The van der Waals surface area contributed by atoms with E-state index in [9.17, 15) is 9.90 Å². The fraction of sp³-hybridized carbons (Fsp3) is 0.0714. The number of amides is 1. The molecular formula is C14H12N4O2. The first kappa shape index (κ1) is 12.2. The van der Waals surface area contributed by atoms with Crippen molar-refractivity contribution in [2.24, 2.45) is 0 Å². The van der Waals surface area contributed by atoms with E-state index in [-0.39, 0.29) is 11.4 Å². The summed E-state index contributed by atoms with van der Waals surface area (Å²) < 4.78 is 0. The van der Waals surface area contributed by atoms with Crippen LogP contribution in [0.3, 0.4) is 0 Å². The summed E-state index contributed by atoms with van der Waals surface area (Å²) in [5, 5.41) is 19.8. The van der Waals surface area contributed by atoms with E-state index in [4.69, 9.17) is 0 Å². The van der Waals surface area contributed by atoms with Crippen molar-refractivity contribution in [2.75, 3.05) is 5.32 Å². The Morgan fingerprint density at radius 2 is 2.20 bits per heavy atom. The van der Waals surface area contributed by atoms with E-state index in [0.717, 1.165) is 11.1 Å². The minimum atomic E-state index is -0.400. The summed E-state index contributed by atoms with van der Waals surface area (Å²) in [5.41, 5.74) is 2.24. The molecule has 0 aliphatic heterocycles. The molecule has 0 spiro atoms. The Morgan fingerprint density at radius 1 is 1.35 bits per heavy atom. The third-order valence-corrected chi connectivity index (χ3v) is 2.98. The van der Waals surface area contributed by atoms with E-state index >= 15 is 0 Å². The van der Waals surface area contributed by atoms with E-state index in [2.05, 4.69) is 20.5 Å². The number of aryl methyl sites for hydroxylation is 1. The summed E-state index contributed by atoms with van der Waals surface area (Å²) in [7, 11) is 0. The van der Waals surface area contributed by atoms with Crippen molar-refractivity contribution in [3.63, 3.8) is 0 Å². The van der Waals surface area contributed by atoms with Crippen LogP contribution in [0.15, 0.2) is 36.7 Å². The van der Waals surface area contributed by atoms with Gasteiger partial charge in [-0.15, -0.1) is 0 Å². The maximum atomic E-state index is 12.2. The predicted molar refractivity (Wildman–Crippen MR) is 74.7 cm³/mol. The van der Waals surface area contributed by atoms with Crippen molar-refractivity contribution < 1.29 is 9.90 Å². The molecule has 6 nitrogen and oxygen atoms in total. The largest absolute Gasteiger partial charge is 0.506 e. The number of hydrogen-bond donors (Lipinski definition) is 3. The summed E-state index contributed by atoms with van der Waals surface area (Å²) in [6.07, 6.45) is 3.19. The molecular weight excluding hydrogens is 256 g/mol. The van der Waals surface area contributed by atoms with Crippen LogP contribution in [0.5, 0.6) is 5.75 Å². The van der Waals surface area contributed by atoms with Crippen molar-refractivity contribution in [3.05, 3.63) is 47.9 Å². The number of H-pyrrole nitrogens is 1. The molecule has 3 aromatic rings. The number of aromatic amines is 1. The lowest BCUT2D eigenvalue weighted by Crippen LogP contribution is -2.13. The highest BCUT2D eigenvalue weighted by Crippen LogP contribution is 2.25. The number of phenolic OH excluding ortho intramolecular Hbond substituents is 1. The zero-order chi connectivity index (χ0) is 14.1. The molecule has 0 atom stereocenters. The van der Waals surface area contributed by atoms with Gasteiger partial charge in [-0.25, -0.2) is 0 Å². The summed E-state index contributed by atoms with van der Waals surface area (Å²) in [5.74, 6) is -0.375. The third-order valence-electron chi connectivity index (χ3n) is 2.98. The number of aromatic hydroxyl groups is 1. The second-order valence-electron chi connectivity index (χ2n) is 4.47. The number of carbonyl (C=O) groups excluding carboxylic acids is 1. The van der Waals surface area contributed by atoms with Gasteiger partial charge in [0.1, 0.15) is 5.75 Å². The molecule has 0 bridgehead atoms. The Labute approximate surface area is 114 Å². The Balaban J connectivity index is 1.93. The molecule has 1 aromatic carbocycles. The zero-order valence-corrected chi connectivity index (χ0v) is 10.7. The first-order valence-corrected chi connectivity index (χ1v) is 6.04. The van der Waals surface area contributed by atoms with Gasteiger partial charge in [0, 0.05) is 12.4 Å². The molecule has 1 amide bonds. The van der Waals surface area contributed by atoms with Gasteiger partial charge in [0.15, 0.2) is 5.69 Å². The molecule has 0 aliphatic rings. The van der Waals surface area contributed by atoms with Gasteiger partial charge in [0.2, 0.25) is 0 Å². The number of nitrogens with zero attached hydrogens (tertiary/aromatic N) is 2. The Kier molecular flexibility index (Phi) is 2.83. The average Bonchev–Trinajstić information content (AvgIpc) is 2.86. The maximum Gasteiger partial charge on any atom is 0.276 e. The van der Waals surface area contributed by atoms with E-state index in [0.29, 0.717) is 11.1 Å². The van der Waals surface area contributed by atoms with Crippen LogP contribution in [0.4, 0.5) is 5.69 Å². The van der Waals surface area contributed by atoms with Gasteiger partial charge in [0.05, 0.1) is 16.6 Å². The summed E-state index contributed by atoms with van der Waals surface area (Å²) in [4.78, 5) is 16.2. The van der Waals surface area contributed by atoms with Crippen LogP contribution >= 0.6 is 0 Å². The Bertz CT molecular complexity index is 795. The number of carbonyl (C=O) groups is 1. The Hall–Kier alpha value is -2.89. The monoisotopic (exact) mass is 268 g/mol. The highest BCUT2D eigenvalue weighted by Gasteiger charge is 2.15. The van der Waals surface area contributed by atoms with Crippen LogP contribution in [0, 0.1) is 6.92 Å². The van der Waals surface area contributed by atoms with Crippen LogP contribution < -0.4 is 5.32 Å². The molecule has 0 unspecified atom stereocenters. The molecule has 0 aliphatic carbocycles. The Morgan fingerprint density at radius 3 is 3.00 bits per heavy atom. The van der Waals surface area contributed by atoms with Gasteiger partial charge in [-0.1, -0.05) is 6.07 Å². The molecule has 3 N–H and O–H groups in total. The lowest BCUT2D eigenvalue weighted by Gasteiger charge is -2.06. The number of aromatic nitrogens is 3. The van der Waals surface area contributed by atoms with Crippen molar-refractivity contribution in [3.8, 4) is 5.75 Å². The van der Waals surface area contributed by atoms with Crippen molar-refractivity contribution in [2.45, 2.75) is 6.92 Å². The van der Waals surface area contributed by atoms with Gasteiger partial charge in [-0.3, -0.25) is 14.9 Å². The number of rotatable bonds is 2. The smallest absolute Gasteiger partial charge is 0.276 e. The average molecular weight is 268 g/mol. The molecule has 6 heteroatoms.